The van der Waals surface area contributed by atoms with Gasteiger partial charge in [0.05, 0.1) is 6.42 Å². The molecule has 0 saturated carbocycles. The highest BCUT2D eigenvalue weighted by atomic mass is 16.4. The first kappa shape index (κ1) is 10.4. The van der Waals surface area contributed by atoms with Crippen LogP contribution in [0.25, 0.3) is 11.0 Å². The van der Waals surface area contributed by atoms with Gasteiger partial charge in [-0.1, -0.05) is 18.2 Å². The van der Waals surface area contributed by atoms with Crippen LogP contribution in [0.1, 0.15) is 23.8 Å². The zero-order valence-electron chi connectivity index (χ0n) is 9.27. The first-order valence-corrected chi connectivity index (χ1v) is 5.71. The summed E-state index contributed by atoms with van der Waals surface area (Å²) in [6.07, 6.45) is 0.913. The van der Waals surface area contributed by atoms with Crippen molar-refractivity contribution >= 4 is 16.9 Å². The van der Waals surface area contributed by atoms with E-state index in [2.05, 4.69) is 5.32 Å². The van der Waals surface area contributed by atoms with E-state index in [-0.39, 0.29) is 12.5 Å². The van der Waals surface area contributed by atoms with Crippen LogP contribution in [0.5, 0.6) is 0 Å². The molecule has 1 atom stereocenters. The van der Waals surface area contributed by atoms with Crippen molar-refractivity contribution in [3.63, 3.8) is 0 Å². The average molecular weight is 231 g/mol. The minimum atomic E-state index is -0.791. The molecule has 17 heavy (non-hydrogen) atoms. The van der Waals surface area contributed by atoms with Gasteiger partial charge < -0.3 is 14.8 Å². The maximum absolute atomic E-state index is 10.9. The van der Waals surface area contributed by atoms with Gasteiger partial charge in [-0.05, 0) is 6.07 Å². The number of carboxylic acids is 1. The molecule has 88 valence electrons. The standard InChI is InChI=1S/C13H13NO3/c15-12(16)7-9-13-8-3-1-2-4-10(8)17-11(13)5-6-14-9/h1-4,9,14H,5-7H2,(H,15,16). The molecule has 1 aromatic carbocycles. The summed E-state index contributed by atoms with van der Waals surface area (Å²) in [6.45, 7) is 0.769. The van der Waals surface area contributed by atoms with E-state index in [0.717, 1.165) is 35.3 Å². The summed E-state index contributed by atoms with van der Waals surface area (Å²) in [5.41, 5.74) is 1.87. The summed E-state index contributed by atoms with van der Waals surface area (Å²) in [4.78, 5) is 10.9. The van der Waals surface area contributed by atoms with E-state index in [1.165, 1.54) is 0 Å². The lowest BCUT2D eigenvalue weighted by Crippen LogP contribution is -2.30. The van der Waals surface area contributed by atoms with Gasteiger partial charge in [0.2, 0.25) is 0 Å². The van der Waals surface area contributed by atoms with Crippen molar-refractivity contribution in [3.05, 3.63) is 35.6 Å². The lowest BCUT2D eigenvalue weighted by molar-refractivity contribution is -0.137. The van der Waals surface area contributed by atoms with Gasteiger partial charge in [0.15, 0.2) is 0 Å². The number of fused-ring (bicyclic) bond motifs is 3. The fraction of sp³-hybridized carbons (Fsp3) is 0.308. The number of hydrogen-bond donors (Lipinski definition) is 2. The molecule has 0 aliphatic carbocycles. The number of hydrogen-bond acceptors (Lipinski definition) is 3. The van der Waals surface area contributed by atoms with E-state index < -0.39 is 5.97 Å². The lowest BCUT2D eigenvalue weighted by atomic mass is 9.96. The third-order valence-corrected chi connectivity index (χ3v) is 3.18. The molecule has 0 saturated heterocycles. The van der Waals surface area contributed by atoms with Crippen molar-refractivity contribution in [2.24, 2.45) is 0 Å². The van der Waals surface area contributed by atoms with E-state index in [1.807, 2.05) is 24.3 Å². The molecule has 2 heterocycles. The summed E-state index contributed by atoms with van der Waals surface area (Å²) in [7, 11) is 0. The van der Waals surface area contributed by atoms with E-state index in [9.17, 15) is 4.79 Å². The second-order valence-corrected chi connectivity index (χ2v) is 4.29. The van der Waals surface area contributed by atoms with Crippen molar-refractivity contribution in [3.8, 4) is 0 Å². The van der Waals surface area contributed by atoms with Gasteiger partial charge in [-0.2, -0.15) is 0 Å². The van der Waals surface area contributed by atoms with Crippen molar-refractivity contribution in [1.29, 1.82) is 0 Å². The Morgan fingerprint density at radius 1 is 1.47 bits per heavy atom. The molecule has 1 aliphatic heterocycles. The van der Waals surface area contributed by atoms with E-state index >= 15 is 0 Å². The van der Waals surface area contributed by atoms with Crippen LogP contribution < -0.4 is 5.32 Å². The van der Waals surface area contributed by atoms with E-state index in [0.29, 0.717) is 0 Å². The molecule has 0 bridgehead atoms. The number of para-hydroxylation sites is 1. The Kier molecular flexibility index (Phi) is 2.37. The van der Waals surface area contributed by atoms with Gasteiger partial charge in [-0.15, -0.1) is 0 Å². The number of carboxylic acid groups (broad SMARTS) is 1. The van der Waals surface area contributed by atoms with Crippen LogP contribution in [-0.4, -0.2) is 17.6 Å². The molecule has 0 fully saturated rings. The first-order valence-electron chi connectivity index (χ1n) is 5.71. The third kappa shape index (κ3) is 1.70. The SMILES string of the molecule is O=C(O)CC1NCCc2oc3ccccc3c21. The van der Waals surface area contributed by atoms with Crippen LogP contribution in [0, 0.1) is 0 Å². The van der Waals surface area contributed by atoms with Gasteiger partial charge in [-0.3, -0.25) is 4.79 Å². The number of carbonyl (C=O) groups is 1. The normalized spacial score (nSPS) is 19.2. The Hall–Kier alpha value is -1.81. The Morgan fingerprint density at radius 3 is 3.12 bits per heavy atom. The molecule has 0 spiro atoms. The third-order valence-electron chi connectivity index (χ3n) is 3.18. The Balaban J connectivity index is 2.13. The van der Waals surface area contributed by atoms with Crippen molar-refractivity contribution in [1.82, 2.24) is 5.32 Å². The second-order valence-electron chi connectivity index (χ2n) is 4.29. The van der Waals surface area contributed by atoms with Crippen LogP contribution in [0.3, 0.4) is 0 Å². The summed E-state index contributed by atoms with van der Waals surface area (Å²) >= 11 is 0. The predicted octanol–water partition coefficient (Wildman–Crippen LogP) is 2.09. The van der Waals surface area contributed by atoms with Crippen LogP contribution in [0.15, 0.2) is 28.7 Å². The number of nitrogens with one attached hydrogen (secondary N) is 1. The van der Waals surface area contributed by atoms with Gasteiger partial charge >= 0.3 is 5.97 Å². The van der Waals surface area contributed by atoms with E-state index in [4.69, 9.17) is 9.52 Å². The monoisotopic (exact) mass is 231 g/mol. The molecule has 4 nitrogen and oxygen atoms in total. The van der Waals surface area contributed by atoms with Gasteiger partial charge in [0, 0.05) is 30.0 Å². The summed E-state index contributed by atoms with van der Waals surface area (Å²) in [5, 5.41) is 13.2. The Bertz CT molecular complexity index is 573. The minimum absolute atomic E-state index is 0.0938. The number of furan rings is 1. The first-order chi connectivity index (χ1) is 8.25. The van der Waals surface area contributed by atoms with Crippen molar-refractivity contribution < 1.29 is 14.3 Å². The largest absolute Gasteiger partial charge is 0.481 e. The van der Waals surface area contributed by atoms with Gasteiger partial charge in [0.1, 0.15) is 11.3 Å². The Morgan fingerprint density at radius 2 is 2.29 bits per heavy atom. The quantitative estimate of drug-likeness (QED) is 0.830. The highest BCUT2D eigenvalue weighted by Gasteiger charge is 2.27. The summed E-state index contributed by atoms with van der Waals surface area (Å²) < 4.78 is 5.77. The molecule has 3 rings (SSSR count). The number of benzene rings is 1. The topological polar surface area (TPSA) is 62.5 Å². The highest BCUT2D eigenvalue weighted by Crippen LogP contribution is 2.34. The number of rotatable bonds is 2. The Labute approximate surface area is 98.2 Å². The van der Waals surface area contributed by atoms with Crippen LogP contribution in [0.2, 0.25) is 0 Å². The zero-order chi connectivity index (χ0) is 11.8. The van der Waals surface area contributed by atoms with E-state index in [1.54, 1.807) is 0 Å². The van der Waals surface area contributed by atoms with Crippen molar-refractivity contribution in [2.75, 3.05) is 6.54 Å². The minimum Gasteiger partial charge on any atom is -0.481 e. The molecule has 0 radical (unpaired) electrons. The fourth-order valence-electron chi connectivity index (χ4n) is 2.49. The molecule has 1 unspecified atom stereocenters. The predicted molar refractivity (Wildman–Crippen MR) is 62.9 cm³/mol. The molecule has 2 aromatic rings. The summed E-state index contributed by atoms with van der Waals surface area (Å²) in [5.74, 6) is 0.136. The van der Waals surface area contributed by atoms with Crippen LogP contribution in [-0.2, 0) is 11.2 Å². The van der Waals surface area contributed by atoms with Gasteiger partial charge in [0.25, 0.3) is 0 Å². The smallest absolute Gasteiger partial charge is 0.305 e. The van der Waals surface area contributed by atoms with Gasteiger partial charge in [-0.25, -0.2) is 0 Å². The zero-order valence-corrected chi connectivity index (χ0v) is 9.27. The molecular formula is C13H13NO3. The molecular weight excluding hydrogens is 218 g/mol. The molecule has 0 amide bonds. The summed E-state index contributed by atoms with van der Waals surface area (Å²) in [6, 6.07) is 7.65. The molecule has 2 N–H and O–H groups in total. The van der Waals surface area contributed by atoms with Crippen LogP contribution in [0.4, 0.5) is 0 Å². The fourth-order valence-corrected chi connectivity index (χ4v) is 2.49. The average Bonchev–Trinajstić information content (AvgIpc) is 2.67. The molecule has 4 heteroatoms. The number of aliphatic carboxylic acids is 1. The van der Waals surface area contributed by atoms with Crippen molar-refractivity contribution in [2.45, 2.75) is 18.9 Å². The molecule has 1 aliphatic rings. The molecule has 1 aromatic heterocycles. The maximum Gasteiger partial charge on any atom is 0.305 e. The second kappa shape index (κ2) is 3.89. The lowest BCUT2D eigenvalue weighted by Gasteiger charge is -2.22. The van der Waals surface area contributed by atoms with Crippen LogP contribution >= 0.6 is 0 Å². The maximum atomic E-state index is 10.9. The highest BCUT2D eigenvalue weighted by molar-refractivity contribution is 5.84.